The van der Waals surface area contributed by atoms with E-state index in [1.807, 2.05) is 16.8 Å². The topological polar surface area (TPSA) is 49.3 Å². The fraction of sp³-hybridized carbons (Fsp3) is 0.312. The van der Waals surface area contributed by atoms with E-state index in [1.54, 1.807) is 18.3 Å². The van der Waals surface area contributed by atoms with E-state index < -0.39 is 23.8 Å². The third-order valence-electron chi connectivity index (χ3n) is 3.37. The van der Waals surface area contributed by atoms with Gasteiger partial charge in [0.1, 0.15) is 0 Å². The summed E-state index contributed by atoms with van der Waals surface area (Å²) in [5.41, 5.74) is 1.32. The van der Waals surface area contributed by atoms with Crippen molar-refractivity contribution in [1.82, 2.24) is 5.32 Å². The molecule has 2 N–H and O–H groups in total. The summed E-state index contributed by atoms with van der Waals surface area (Å²) in [7, 11) is 0. The van der Waals surface area contributed by atoms with Crippen molar-refractivity contribution >= 4 is 17.2 Å². The fourth-order valence-corrected chi connectivity index (χ4v) is 2.79. The summed E-state index contributed by atoms with van der Waals surface area (Å²) in [6, 6.07) is 4.56. The Labute approximate surface area is 131 Å². The lowest BCUT2D eigenvalue weighted by molar-refractivity contribution is -0.122. The molecule has 1 aromatic heterocycles. The molecule has 0 aliphatic rings. The second kappa shape index (κ2) is 7.47. The first-order valence-electron chi connectivity index (χ1n) is 6.91. The van der Waals surface area contributed by atoms with Gasteiger partial charge in [0.25, 0.3) is 0 Å². The van der Waals surface area contributed by atoms with Crippen molar-refractivity contribution < 1.29 is 18.7 Å². The third kappa shape index (κ3) is 4.35. The molecule has 2 rings (SSSR count). The molecular formula is C16H17F2NO2S. The zero-order valence-corrected chi connectivity index (χ0v) is 12.9. The standard InChI is InChI=1S/C16H17F2NO2S/c1-10(16(21)12-3-4-13(17)14(18)8-12)19-15(20)5-2-11-6-7-22-9-11/h3-4,6-10,16,21H,2,5H2,1H3,(H,19,20). The molecule has 2 unspecified atom stereocenters. The van der Waals surface area contributed by atoms with Crippen LogP contribution in [0.15, 0.2) is 35.0 Å². The molecule has 118 valence electrons. The average Bonchev–Trinajstić information content (AvgIpc) is 3.00. The minimum absolute atomic E-state index is 0.194. The molecule has 1 aromatic carbocycles. The molecule has 0 radical (unpaired) electrons. The smallest absolute Gasteiger partial charge is 0.220 e. The number of aliphatic hydroxyl groups is 1. The highest BCUT2D eigenvalue weighted by Crippen LogP contribution is 2.19. The Morgan fingerprint density at radius 1 is 1.32 bits per heavy atom. The summed E-state index contributed by atoms with van der Waals surface area (Å²) in [4.78, 5) is 11.9. The molecule has 1 amide bonds. The van der Waals surface area contributed by atoms with Crippen LogP contribution in [0, 0.1) is 11.6 Å². The van der Waals surface area contributed by atoms with Crippen LogP contribution in [0.4, 0.5) is 8.78 Å². The van der Waals surface area contributed by atoms with Crippen LogP contribution in [0.25, 0.3) is 0 Å². The minimum Gasteiger partial charge on any atom is -0.386 e. The molecule has 0 bridgehead atoms. The van der Waals surface area contributed by atoms with E-state index in [0.717, 1.165) is 17.7 Å². The third-order valence-corrected chi connectivity index (χ3v) is 4.10. The van der Waals surface area contributed by atoms with Crippen molar-refractivity contribution in [3.8, 4) is 0 Å². The van der Waals surface area contributed by atoms with Gasteiger partial charge in [0.2, 0.25) is 5.91 Å². The van der Waals surface area contributed by atoms with Crippen molar-refractivity contribution in [3.63, 3.8) is 0 Å². The highest BCUT2D eigenvalue weighted by molar-refractivity contribution is 7.07. The zero-order chi connectivity index (χ0) is 16.1. The van der Waals surface area contributed by atoms with E-state index in [0.29, 0.717) is 12.8 Å². The van der Waals surface area contributed by atoms with Gasteiger partial charge in [-0.1, -0.05) is 6.07 Å². The highest BCUT2D eigenvalue weighted by Gasteiger charge is 2.19. The molecule has 22 heavy (non-hydrogen) atoms. The van der Waals surface area contributed by atoms with E-state index in [-0.39, 0.29) is 11.5 Å². The number of rotatable bonds is 6. The first kappa shape index (κ1) is 16.6. The number of thiophene rings is 1. The van der Waals surface area contributed by atoms with Gasteiger partial charge in [0, 0.05) is 6.42 Å². The predicted molar refractivity (Wildman–Crippen MR) is 81.6 cm³/mol. The first-order valence-corrected chi connectivity index (χ1v) is 7.85. The SMILES string of the molecule is CC(NC(=O)CCc1ccsc1)C(O)c1ccc(F)c(F)c1. The molecule has 6 heteroatoms. The van der Waals surface area contributed by atoms with Crippen molar-refractivity contribution in [1.29, 1.82) is 0 Å². The van der Waals surface area contributed by atoms with Gasteiger partial charge in [0.05, 0.1) is 12.1 Å². The van der Waals surface area contributed by atoms with Crippen LogP contribution in [-0.4, -0.2) is 17.1 Å². The van der Waals surface area contributed by atoms with Crippen LogP contribution in [0.3, 0.4) is 0 Å². The lowest BCUT2D eigenvalue weighted by Gasteiger charge is -2.20. The lowest BCUT2D eigenvalue weighted by Crippen LogP contribution is -2.37. The van der Waals surface area contributed by atoms with Crippen molar-refractivity contribution in [3.05, 3.63) is 57.8 Å². The number of amides is 1. The number of aryl methyl sites for hydroxylation is 1. The fourth-order valence-electron chi connectivity index (χ4n) is 2.08. The Bertz CT molecular complexity index is 631. The second-order valence-electron chi connectivity index (χ2n) is 5.11. The normalized spacial score (nSPS) is 13.6. The minimum atomic E-state index is -1.10. The van der Waals surface area contributed by atoms with Gasteiger partial charge in [-0.2, -0.15) is 11.3 Å². The number of hydrogen-bond acceptors (Lipinski definition) is 3. The summed E-state index contributed by atoms with van der Waals surface area (Å²) in [6.07, 6.45) is -0.158. The molecule has 0 spiro atoms. The van der Waals surface area contributed by atoms with Crippen LogP contribution < -0.4 is 5.32 Å². The number of hydrogen-bond donors (Lipinski definition) is 2. The first-order chi connectivity index (χ1) is 10.5. The molecule has 0 saturated carbocycles. The quantitative estimate of drug-likeness (QED) is 0.857. The summed E-state index contributed by atoms with van der Waals surface area (Å²) in [5, 5.41) is 16.7. The highest BCUT2D eigenvalue weighted by atomic mass is 32.1. The zero-order valence-electron chi connectivity index (χ0n) is 12.1. The summed E-state index contributed by atoms with van der Waals surface area (Å²) >= 11 is 1.57. The maximum absolute atomic E-state index is 13.2. The Kier molecular flexibility index (Phi) is 5.63. The molecule has 3 nitrogen and oxygen atoms in total. The maximum Gasteiger partial charge on any atom is 0.220 e. The van der Waals surface area contributed by atoms with Crippen LogP contribution in [-0.2, 0) is 11.2 Å². The van der Waals surface area contributed by atoms with E-state index in [1.165, 1.54) is 6.07 Å². The van der Waals surface area contributed by atoms with Crippen LogP contribution in [0.1, 0.15) is 30.6 Å². The number of carbonyl (C=O) groups is 1. The summed E-state index contributed by atoms with van der Waals surface area (Å²) in [5.74, 6) is -2.18. The number of benzene rings is 1. The van der Waals surface area contributed by atoms with Crippen molar-refractivity contribution in [2.45, 2.75) is 31.9 Å². The van der Waals surface area contributed by atoms with Crippen LogP contribution >= 0.6 is 11.3 Å². The second-order valence-corrected chi connectivity index (χ2v) is 5.89. The number of halogens is 2. The van der Waals surface area contributed by atoms with Crippen molar-refractivity contribution in [2.75, 3.05) is 0 Å². The molecule has 0 aliphatic carbocycles. The molecular weight excluding hydrogens is 308 g/mol. The van der Waals surface area contributed by atoms with Gasteiger partial charge >= 0.3 is 0 Å². The molecule has 2 atom stereocenters. The van der Waals surface area contributed by atoms with Gasteiger partial charge in [-0.15, -0.1) is 0 Å². The maximum atomic E-state index is 13.2. The van der Waals surface area contributed by atoms with Gasteiger partial charge in [-0.25, -0.2) is 8.78 Å². The van der Waals surface area contributed by atoms with Gasteiger partial charge in [-0.05, 0) is 53.4 Å². The van der Waals surface area contributed by atoms with Crippen LogP contribution in [0.5, 0.6) is 0 Å². The van der Waals surface area contributed by atoms with E-state index in [9.17, 15) is 18.7 Å². The Morgan fingerprint density at radius 3 is 2.73 bits per heavy atom. The van der Waals surface area contributed by atoms with E-state index in [4.69, 9.17) is 0 Å². The van der Waals surface area contributed by atoms with Crippen LogP contribution in [0.2, 0.25) is 0 Å². The molecule has 0 aliphatic heterocycles. The monoisotopic (exact) mass is 325 g/mol. The van der Waals surface area contributed by atoms with Gasteiger partial charge in [0.15, 0.2) is 11.6 Å². The molecule has 0 fully saturated rings. The Hall–Kier alpha value is -1.79. The number of aliphatic hydroxyl groups excluding tert-OH is 1. The molecule has 2 aromatic rings. The summed E-state index contributed by atoms with van der Waals surface area (Å²) < 4.78 is 26.1. The predicted octanol–water partition coefficient (Wildman–Crippen LogP) is 3.20. The Morgan fingerprint density at radius 2 is 2.09 bits per heavy atom. The largest absolute Gasteiger partial charge is 0.386 e. The summed E-state index contributed by atoms with van der Waals surface area (Å²) in [6.45, 7) is 1.62. The Balaban J connectivity index is 1.88. The van der Waals surface area contributed by atoms with E-state index in [2.05, 4.69) is 5.32 Å². The number of carbonyl (C=O) groups excluding carboxylic acids is 1. The van der Waals surface area contributed by atoms with Gasteiger partial charge in [-0.3, -0.25) is 4.79 Å². The van der Waals surface area contributed by atoms with Gasteiger partial charge < -0.3 is 10.4 Å². The number of nitrogens with one attached hydrogen (secondary N) is 1. The van der Waals surface area contributed by atoms with Crippen molar-refractivity contribution in [2.24, 2.45) is 0 Å². The lowest BCUT2D eigenvalue weighted by atomic mass is 10.0. The van der Waals surface area contributed by atoms with E-state index >= 15 is 0 Å². The molecule has 1 heterocycles. The molecule has 0 saturated heterocycles. The average molecular weight is 325 g/mol.